The van der Waals surface area contributed by atoms with Crippen molar-refractivity contribution in [2.24, 2.45) is 0 Å². The van der Waals surface area contributed by atoms with Gasteiger partial charge in [0.2, 0.25) is 0 Å². The molecule has 0 aromatic heterocycles. The van der Waals surface area contributed by atoms with E-state index in [1.807, 2.05) is 0 Å². The van der Waals surface area contributed by atoms with Crippen LogP contribution in [-0.4, -0.2) is 40.8 Å². The molecule has 1 aromatic rings. The number of amides is 1. The maximum Gasteiger partial charge on any atom is 0.252 e. The van der Waals surface area contributed by atoms with E-state index in [-0.39, 0.29) is 23.0 Å². The first-order valence-electron chi connectivity index (χ1n) is 6.04. The molecule has 1 aromatic carbocycles. The number of alkyl halides is 1. The highest BCUT2D eigenvalue weighted by Gasteiger charge is 2.33. The van der Waals surface area contributed by atoms with Gasteiger partial charge in [0.15, 0.2) is 0 Å². The molecule has 0 aliphatic carbocycles. The molecule has 104 valence electrons. The number of hydrogen-bond donors (Lipinski definition) is 3. The Bertz CT molecular complexity index is 451. The van der Waals surface area contributed by atoms with Crippen LogP contribution in [0.3, 0.4) is 0 Å². The minimum absolute atomic E-state index is 0.156. The number of aromatic hydroxyl groups is 2. The fourth-order valence-electron chi connectivity index (χ4n) is 2.09. The third-order valence-corrected chi connectivity index (χ3v) is 3.76. The summed E-state index contributed by atoms with van der Waals surface area (Å²) in [7, 11) is 0. The number of nitrogens with one attached hydrogen (secondary N) is 1. The van der Waals surface area contributed by atoms with E-state index < -0.39 is 5.54 Å². The summed E-state index contributed by atoms with van der Waals surface area (Å²) in [5.74, 6) is -0.379. The lowest BCUT2D eigenvalue weighted by atomic mass is 9.92. The molecule has 2 rings (SSSR count). The molecule has 0 unspecified atom stereocenters. The van der Waals surface area contributed by atoms with Crippen LogP contribution in [0.5, 0.6) is 11.5 Å². The average molecular weight is 286 g/mol. The summed E-state index contributed by atoms with van der Waals surface area (Å²) in [4.78, 5) is 12.1. The Kier molecular flexibility index (Phi) is 4.17. The van der Waals surface area contributed by atoms with Crippen LogP contribution in [0.4, 0.5) is 0 Å². The van der Waals surface area contributed by atoms with Gasteiger partial charge in [0.05, 0.1) is 5.54 Å². The van der Waals surface area contributed by atoms with Gasteiger partial charge in [0, 0.05) is 30.7 Å². The van der Waals surface area contributed by atoms with Gasteiger partial charge in [-0.05, 0) is 25.0 Å². The van der Waals surface area contributed by atoms with Gasteiger partial charge in [-0.3, -0.25) is 4.79 Å². The molecule has 1 aliphatic rings. The fraction of sp³-hybridized carbons (Fsp3) is 0.462. The summed E-state index contributed by atoms with van der Waals surface area (Å²) in [5, 5.41) is 21.6. The maximum atomic E-state index is 12.1. The number of phenolic OH excluding ortho intramolecular Hbond substituents is 2. The van der Waals surface area contributed by atoms with Gasteiger partial charge in [-0.25, -0.2) is 0 Å². The molecule has 3 N–H and O–H groups in total. The van der Waals surface area contributed by atoms with Gasteiger partial charge in [-0.15, -0.1) is 11.6 Å². The van der Waals surface area contributed by atoms with Gasteiger partial charge in [-0.1, -0.05) is 0 Å². The average Bonchev–Trinajstić information content (AvgIpc) is 2.38. The summed E-state index contributed by atoms with van der Waals surface area (Å²) in [6, 6.07) is 3.77. The molecule has 1 heterocycles. The Hall–Kier alpha value is -1.46. The molecule has 1 amide bonds. The molecule has 0 spiro atoms. The summed E-state index contributed by atoms with van der Waals surface area (Å²) in [5.41, 5.74) is -0.286. The smallest absolute Gasteiger partial charge is 0.252 e. The molecule has 0 radical (unpaired) electrons. The molecule has 19 heavy (non-hydrogen) atoms. The predicted octanol–water partition coefficient (Wildman–Crippen LogP) is 1.62. The summed E-state index contributed by atoms with van der Waals surface area (Å²) >= 11 is 5.96. The number of phenols is 2. The minimum atomic E-state index is -0.488. The summed E-state index contributed by atoms with van der Waals surface area (Å²) in [6.07, 6.45) is 1.29. The monoisotopic (exact) mass is 285 g/mol. The van der Waals surface area contributed by atoms with E-state index in [9.17, 15) is 15.0 Å². The van der Waals surface area contributed by atoms with E-state index in [0.29, 0.717) is 31.9 Å². The lowest BCUT2D eigenvalue weighted by molar-refractivity contribution is 0.0433. The molecule has 1 fully saturated rings. The second-order valence-corrected chi connectivity index (χ2v) is 4.99. The van der Waals surface area contributed by atoms with Gasteiger partial charge in [0.25, 0.3) is 5.91 Å². The second-order valence-electron chi connectivity index (χ2n) is 4.72. The van der Waals surface area contributed by atoms with E-state index in [1.54, 1.807) is 0 Å². The quantitative estimate of drug-likeness (QED) is 0.737. The van der Waals surface area contributed by atoms with E-state index >= 15 is 0 Å². The number of rotatable bonds is 3. The largest absolute Gasteiger partial charge is 0.508 e. The molecule has 0 atom stereocenters. The van der Waals surface area contributed by atoms with Crippen LogP contribution in [0.1, 0.15) is 23.2 Å². The van der Waals surface area contributed by atoms with Crippen molar-refractivity contribution in [3.8, 4) is 11.5 Å². The summed E-state index contributed by atoms with van der Waals surface area (Å²) < 4.78 is 5.26. The van der Waals surface area contributed by atoms with Crippen molar-refractivity contribution in [1.29, 1.82) is 0 Å². The Balaban J connectivity index is 2.15. The van der Waals surface area contributed by atoms with Crippen LogP contribution in [0.2, 0.25) is 0 Å². The second kappa shape index (κ2) is 5.67. The highest BCUT2D eigenvalue weighted by Crippen LogP contribution is 2.25. The Morgan fingerprint density at radius 3 is 2.37 bits per heavy atom. The Morgan fingerprint density at radius 1 is 1.26 bits per heavy atom. The van der Waals surface area contributed by atoms with E-state index in [1.165, 1.54) is 18.2 Å². The molecule has 0 bridgehead atoms. The zero-order valence-electron chi connectivity index (χ0n) is 10.4. The lowest BCUT2D eigenvalue weighted by Crippen LogP contribution is -2.53. The molecule has 1 saturated heterocycles. The highest BCUT2D eigenvalue weighted by molar-refractivity contribution is 6.19. The standard InChI is InChI=1S/C13H16ClNO4/c14-8-13(1-3-19-4-2-13)15-12(18)9-5-10(16)7-11(17)6-9/h5-7,16-17H,1-4,8H2,(H,15,18). The fourth-order valence-corrected chi connectivity index (χ4v) is 2.43. The zero-order chi connectivity index (χ0) is 13.9. The van der Waals surface area contributed by atoms with Crippen LogP contribution in [0, 0.1) is 0 Å². The number of halogens is 1. The maximum absolute atomic E-state index is 12.1. The van der Waals surface area contributed by atoms with Crippen LogP contribution in [-0.2, 0) is 4.74 Å². The number of carbonyl (C=O) groups is 1. The van der Waals surface area contributed by atoms with Crippen molar-refractivity contribution in [2.45, 2.75) is 18.4 Å². The van der Waals surface area contributed by atoms with Gasteiger partial charge in [-0.2, -0.15) is 0 Å². The van der Waals surface area contributed by atoms with Gasteiger partial charge >= 0.3 is 0 Å². The number of carbonyl (C=O) groups excluding carboxylic acids is 1. The van der Waals surface area contributed by atoms with Crippen molar-refractivity contribution >= 4 is 17.5 Å². The normalized spacial score (nSPS) is 17.9. The SMILES string of the molecule is O=C(NC1(CCl)CCOCC1)c1cc(O)cc(O)c1. The molecule has 6 heteroatoms. The van der Waals surface area contributed by atoms with Crippen molar-refractivity contribution in [2.75, 3.05) is 19.1 Å². The van der Waals surface area contributed by atoms with Crippen LogP contribution in [0.25, 0.3) is 0 Å². The number of hydrogen-bond acceptors (Lipinski definition) is 4. The Morgan fingerprint density at radius 2 is 1.84 bits per heavy atom. The van der Waals surface area contributed by atoms with Crippen LogP contribution >= 0.6 is 11.6 Å². The third-order valence-electron chi connectivity index (χ3n) is 3.25. The predicted molar refractivity (Wildman–Crippen MR) is 70.7 cm³/mol. The van der Waals surface area contributed by atoms with Crippen molar-refractivity contribution in [3.05, 3.63) is 23.8 Å². The van der Waals surface area contributed by atoms with Gasteiger partial charge in [0.1, 0.15) is 11.5 Å². The molecule has 0 saturated carbocycles. The Labute approximate surface area is 116 Å². The van der Waals surface area contributed by atoms with Crippen LogP contribution in [0.15, 0.2) is 18.2 Å². The molecule has 1 aliphatic heterocycles. The van der Waals surface area contributed by atoms with Gasteiger partial charge < -0.3 is 20.3 Å². The first-order chi connectivity index (χ1) is 9.04. The van der Waals surface area contributed by atoms with Crippen LogP contribution < -0.4 is 5.32 Å². The number of ether oxygens (including phenoxy) is 1. The lowest BCUT2D eigenvalue weighted by Gasteiger charge is -2.36. The molecular formula is C13H16ClNO4. The minimum Gasteiger partial charge on any atom is -0.508 e. The first kappa shape index (κ1) is 14.0. The molecule has 5 nitrogen and oxygen atoms in total. The highest BCUT2D eigenvalue weighted by atomic mass is 35.5. The van der Waals surface area contributed by atoms with E-state index in [4.69, 9.17) is 16.3 Å². The van der Waals surface area contributed by atoms with E-state index in [2.05, 4.69) is 5.32 Å². The molecular weight excluding hydrogens is 270 g/mol. The number of benzene rings is 1. The van der Waals surface area contributed by atoms with Crippen molar-refractivity contribution in [3.63, 3.8) is 0 Å². The topological polar surface area (TPSA) is 78.8 Å². The van der Waals surface area contributed by atoms with Crippen molar-refractivity contribution < 1.29 is 19.7 Å². The zero-order valence-corrected chi connectivity index (χ0v) is 11.1. The summed E-state index contributed by atoms with van der Waals surface area (Å²) in [6.45, 7) is 1.11. The van der Waals surface area contributed by atoms with E-state index in [0.717, 1.165) is 0 Å². The third kappa shape index (κ3) is 3.30. The van der Waals surface area contributed by atoms with Crippen molar-refractivity contribution in [1.82, 2.24) is 5.32 Å². The first-order valence-corrected chi connectivity index (χ1v) is 6.57.